The lowest BCUT2D eigenvalue weighted by Gasteiger charge is -2.07. The van der Waals surface area contributed by atoms with Crippen LogP contribution in [-0.2, 0) is 9.59 Å². The number of carboxylic acids is 1. The van der Waals surface area contributed by atoms with Crippen molar-refractivity contribution in [1.82, 2.24) is 0 Å². The number of hydrogen-bond acceptors (Lipinski definition) is 2. The predicted molar refractivity (Wildman–Crippen MR) is 48.9 cm³/mol. The lowest BCUT2D eigenvalue weighted by Crippen LogP contribution is -2.14. The molecule has 4 nitrogen and oxygen atoms in total. The third-order valence-corrected chi connectivity index (χ3v) is 3.13. The van der Waals surface area contributed by atoms with E-state index in [-0.39, 0.29) is 11.1 Å². The van der Waals surface area contributed by atoms with Crippen molar-refractivity contribution < 1.29 is 14.7 Å². The van der Waals surface area contributed by atoms with Gasteiger partial charge in [0.1, 0.15) is 0 Å². The van der Waals surface area contributed by atoms with Crippen LogP contribution < -0.4 is 5.73 Å². The molecule has 68 valence electrons. The maximum absolute atomic E-state index is 10.6. The van der Waals surface area contributed by atoms with Gasteiger partial charge in [-0.2, -0.15) is 0 Å². The lowest BCUT2D eigenvalue weighted by molar-refractivity contribution is -0.133. The van der Waals surface area contributed by atoms with Crippen molar-refractivity contribution in [2.24, 2.45) is 5.73 Å². The Balaban J connectivity index is 4.66. The quantitative estimate of drug-likeness (QED) is 0.439. The molecular weight excluding hydrogens is 174 g/mol. The first-order valence-electron chi connectivity index (χ1n) is 3.73. The van der Waals surface area contributed by atoms with Gasteiger partial charge in [0.05, 0.1) is 0 Å². The number of aliphatic carboxylic acids is 1. The molecule has 0 aromatic carbocycles. The Morgan fingerprint density at radius 2 is 2.17 bits per heavy atom. The molecule has 12 heavy (non-hydrogen) atoms. The molecule has 1 unspecified atom stereocenters. The van der Waals surface area contributed by atoms with Gasteiger partial charge in [0.2, 0.25) is 5.91 Å². The van der Waals surface area contributed by atoms with E-state index in [1.165, 1.54) is 0 Å². The number of carboxylic acid groups (broad SMARTS) is 1. The van der Waals surface area contributed by atoms with Crippen molar-refractivity contribution in [1.29, 1.82) is 0 Å². The van der Waals surface area contributed by atoms with Crippen LogP contribution in [0, 0.1) is 0 Å². The van der Waals surface area contributed by atoms with Gasteiger partial charge in [-0.3, -0.25) is 4.79 Å². The van der Waals surface area contributed by atoms with E-state index in [1.807, 2.05) is 6.92 Å². The van der Waals surface area contributed by atoms with E-state index in [9.17, 15) is 9.59 Å². The second-order valence-electron chi connectivity index (χ2n) is 2.62. The SMILES string of the molecule is CCC([SiH3])/C(=C/C(N)=O)C(=O)O. The fraction of sp³-hybridized carbons (Fsp3) is 0.429. The first-order chi connectivity index (χ1) is 5.49. The van der Waals surface area contributed by atoms with E-state index in [0.29, 0.717) is 0 Å². The van der Waals surface area contributed by atoms with Crippen LogP contribution in [0.3, 0.4) is 0 Å². The standard InChI is InChI=1S/C7H13NO3Si/c1-2-5(12)4(7(10)11)3-6(8)9/h3,5H,2H2,1,12H3,(H2,8,9)(H,10,11)/b4-3-. The molecule has 0 saturated carbocycles. The molecule has 1 amide bonds. The summed E-state index contributed by atoms with van der Waals surface area (Å²) in [4.78, 5) is 21.0. The number of hydrogen-bond donors (Lipinski definition) is 2. The Hall–Kier alpha value is -1.10. The van der Waals surface area contributed by atoms with E-state index in [4.69, 9.17) is 10.8 Å². The molecule has 0 aliphatic heterocycles. The van der Waals surface area contributed by atoms with Gasteiger partial charge in [0, 0.05) is 21.9 Å². The summed E-state index contributed by atoms with van der Waals surface area (Å²) in [7, 11) is 0.719. The maximum Gasteiger partial charge on any atom is 0.331 e. The molecule has 0 radical (unpaired) electrons. The molecule has 0 aliphatic rings. The molecule has 0 spiro atoms. The van der Waals surface area contributed by atoms with Gasteiger partial charge < -0.3 is 10.8 Å². The topological polar surface area (TPSA) is 80.4 Å². The zero-order valence-electron chi connectivity index (χ0n) is 7.20. The van der Waals surface area contributed by atoms with Crippen molar-refractivity contribution in [2.75, 3.05) is 0 Å². The van der Waals surface area contributed by atoms with Crippen LogP contribution in [0.2, 0.25) is 5.54 Å². The third-order valence-electron chi connectivity index (χ3n) is 1.69. The van der Waals surface area contributed by atoms with Crippen molar-refractivity contribution in [3.05, 3.63) is 11.6 Å². The predicted octanol–water partition coefficient (Wildman–Crippen LogP) is -0.953. The first kappa shape index (κ1) is 10.9. The van der Waals surface area contributed by atoms with Gasteiger partial charge in [0.15, 0.2) is 0 Å². The van der Waals surface area contributed by atoms with E-state index >= 15 is 0 Å². The van der Waals surface area contributed by atoms with Gasteiger partial charge in [0.25, 0.3) is 0 Å². The summed E-state index contributed by atoms with van der Waals surface area (Å²) in [5.41, 5.74) is 4.99. The Morgan fingerprint density at radius 3 is 2.42 bits per heavy atom. The van der Waals surface area contributed by atoms with Gasteiger partial charge in [-0.25, -0.2) is 4.79 Å². The summed E-state index contributed by atoms with van der Waals surface area (Å²) < 4.78 is 0. The summed E-state index contributed by atoms with van der Waals surface area (Å²) in [5, 5.41) is 8.67. The van der Waals surface area contributed by atoms with Crippen molar-refractivity contribution in [3.8, 4) is 0 Å². The number of amides is 1. The Labute approximate surface area is 73.9 Å². The van der Waals surface area contributed by atoms with E-state index < -0.39 is 11.9 Å². The summed E-state index contributed by atoms with van der Waals surface area (Å²) in [5.74, 6) is -1.74. The minimum absolute atomic E-state index is 0.00463. The number of rotatable bonds is 4. The average Bonchev–Trinajstić information content (AvgIpc) is 1.98. The van der Waals surface area contributed by atoms with Crippen LogP contribution in [-0.4, -0.2) is 27.2 Å². The van der Waals surface area contributed by atoms with Crippen molar-refractivity contribution >= 4 is 22.1 Å². The minimum Gasteiger partial charge on any atom is -0.478 e. The fourth-order valence-corrected chi connectivity index (χ4v) is 1.20. The van der Waals surface area contributed by atoms with Crippen LogP contribution in [0.25, 0.3) is 0 Å². The van der Waals surface area contributed by atoms with Gasteiger partial charge in [-0.15, -0.1) is 0 Å². The lowest BCUT2D eigenvalue weighted by atomic mass is 10.1. The molecule has 0 aliphatic carbocycles. The highest BCUT2D eigenvalue weighted by atomic mass is 28.1. The number of primary amides is 1. The monoisotopic (exact) mass is 187 g/mol. The average molecular weight is 187 g/mol. The smallest absolute Gasteiger partial charge is 0.331 e. The molecule has 3 N–H and O–H groups in total. The highest BCUT2D eigenvalue weighted by Crippen LogP contribution is 2.17. The molecule has 0 rings (SSSR count). The normalized spacial score (nSPS) is 14.2. The molecular formula is C7H13NO3Si. The van der Waals surface area contributed by atoms with Crippen molar-refractivity contribution in [2.45, 2.75) is 18.9 Å². The molecule has 0 saturated heterocycles. The Kier molecular flexibility index (Phi) is 4.28. The minimum atomic E-state index is -1.05. The molecule has 0 heterocycles. The highest BCUT2D eigenvalue weighted by molar-refractivity contribution is 6.18. The van der Waals surface area contributed by atoms with Crippen molar-refractivity contribution in [3.63, 3.8) is 0 Å². The van der Waals surface area contributed by atoms with E-state index in [2.05, 4.69) is 0 Å². The van der Waals surface area contributed by atoms with Gasteiger partial charge in [-0.1, -0.05) is 13.3 Å². The van der Waals surface area contributed by atoms with Crippen LogP contribution in [0.15, 0.2) is 11.6 Å². The van der Waals surface area contributed by atoms with E-state index in [0.717, 1.165) is 22.7 Å². The fourth-order valence-electron chi connectivity index (χ4n) is 0.788. The molecule has 1 atom stereocenters. The summed E-state index contributed by atoms with van der Waals surface area (Å²) in [6.45, 7) is 1.88. The Bertz CT molecular complexity index is 225. The van der Waals surface area contributed by atoms with Gasteiger partial charge >= 0.3 is 5.97 Å². The molecule has 0 aromatic rings. The number of carbonyl (C=O) groups excluding carboxylic acids is 1. The molecule has 5 heteroatoms. The van der Waals surface area contributed by atoms with Gasteiger partial charge in [-0.05, 0) is 5.54 Å². The van der Waals surface area contributed by atoms with Crippen LogP contribution in [0.5, 0.6) is 0 Å². The Morgan fingerprint density at radius 1 is 1.67 bits per heavy atom. The summed E-state index contributed by atoms with van der Waals surface area (Å²) in [6, 6.07) is 0. The molecule has 0 bridgehead atoms. The summed E-state index contributed by atoms with van der Waals surface area (Å²) >= 11 is 0. The highest BCUT2D eigenvalue weighted by Gasteiger charge is 2.14. The number of carbonyl (C=O) groups is 2. The molecule has 0 aromatic heterocycles. The third kappa shape index (κ3) is 3.34. The first-order valence-corrected chi connectivity index (χ1v) is 4.88. The van der Waals surface area contributed by atoms with Crippen LogP contribution in [0.4, 0.5) is 0 Å². The maximum atomic E-state index is 10.6. The zero-order valence-corrected chi connectivity index (χ0v) is 9.20. The second kappa shape index (κ2) is 4.71. The zero-order chi connectivity index (χ0) is 9.72. The number of nitrogens with two attached hydrogens (primary N) is 1. The second-order valence-corrected chi connectivity index (χ2v) is 4.01. The molecule has 0 fully saturated rings. The van der Waals surface area contributed by atoms with Crippen LogP contribution in [0.1, 0.15) is 13.3 Å². The van der Waals surface area contributed by atoms with Crippen LogP contribution >= 0.6 is 0 Å². The summed E-state index contributed by atoms with van der Waals surface area (Å²) in [6.07, 6.45) is 1.74. The van der Waals surface area contributed by atoms with E-state index in [1.54, 1.807) is 0 Å². The largest absolute Gasteiger partial charge is 0.478 e.